The van der Waals surface area contributed by atoms with E-state index in [4.69, 9.17) is 13.9 Å². The van der Waals surface area contributed by atoms with Crippen LogP contribution < -0.4 is 0 Å². The van der Waals surface area contributed by atoms with E-state index in [0.29, 0.717) is 11.0 Å². The summed E-state index contributed by atoms with van der Waals surface area (Å²) in [5.41, 5.74) is 1.67. The van der Waals surface area contributed by atoms with E-state index in [9.17, 15) is 0 Å². The van der Waals surface area contributed by atoms with Crippen molar-refractivity contribution in [1.29, 1.82) is 0 Å². The molecule has 5 heteroatoms. The summed E-state index contributed by atoms with van der Waals surface area (Å²) in [4.78, 5) is 4.34. The monoisotopic (exact) mass is 239 g/mol. The zero-order valence-electron chi connectivity index (χ0n) is 9.17. The smallest absolute Gasteiger partial charge is 0.256 e. The van der Waals surface area contributed by atoms with Gasteiger partial charge in [-0.05, 0) is 12.1 Å². The number of benzene rings is 1. The Morgan fingerprint density at radius 1 is 1.31 bits per heavy atom. The SMILES string of the molecule is COC(CSc1nc2ccccc2o1)OC. The molecule has 0 amide bonds. The fourth-order valence-corrected chi connectivity index (χ4v) is 2.15. The summed E-state index contributed by atoms with van der Waals surface area (Å²) in [5, 5.41) is 0.639. The van der Waals surface area contributed by atoms with Crippen molar-refractivity contribution in [1.82, 2.24) is 4.98 Å². The fraction of sp³-hybridized carbons (Fsp3) is 0.364. The van der Waals surface area contributed by atoms with Gasteiger partial charge in [-0.2, -0.15) is 0 Å². The lowest BCUT2D eigenvalue weighted by atomic mass is 10.3. The molecule has 0 aliphatic rings. The summed E-state index contributed by atoms with van der Waals surface area (Å²) in [5.74, 6) is 0.653. The highest BCUT2D eigenvalue weighted by Gasteiger charge is 2.10. The summed E-state index contributed by atoms with van der Waals surface area (Å²) in [6.07, 6.45) is -0.236. The maximum Gasteiger partial charge on any atom is 0.256 e. The van der Waals surface area contributed by atoms with Crippen molar-refractivity contribution in [2.75, 3.05) is 20.0 Å². The molecule has 1 aromatic heterocycles. The standard InChI is InChI=1S/C11H13NO3S/c1-13-10(14-2)7-16-11-12-8-5-3-4-6-9(8)15-11/h3-6,10H,7H2,1-2H3. The van der Waals surface area contributed by atoms with Crippen LogP contribution >= 0.6 is 11.8 Å². The first-order valence-electron chi connectivity index (χ1n) is 4.87. The number of ether oxygens (including phenoxy) is 2. The van der Waals surface area contributed by atoms with Gasteiger partial charge in [-0.25, -0.2) is 4.98 Å². The van der Waals surface area contributed by atoms with Crippen LogP contribution in [0.1, 0.15) is 0 Å². The molecule has 0 aliphatic carbocycles. The number of oxazole rings is 1. The topological polar surface area (TPSA) is 44.5 Å². The van der Waals surface area contributed by atoms with Gasteiger partial charge < -0.3 is 13.9 Å². The van der Waals surface area contributed by atoms with E-state index in [0.717, 1.165) is 11.1 Å². The van der Waals surface area contributed by atoms with E-state index in [-0.39, 0.29) is 6.29 Å². The van der Waals surface area contributed by atoms with Crippen molar-refractivity contribution < 1.29 is 13.9 Å². The second-order valence-electron chi connectivity index (χ2n) is 3.16. The second-order valence-corrected chi connectivity index (χ2v) is 4.13. The molecule has 0 N–H and O–H groups in total. The Bertz CT molecular complexity index is 420. The highest BCUT2D eigenvalue weighted by Crippen LogP contribution is 2.23. The van der Waals surface area contributed by atoms with Gasteiger partial charge in [0.2, 0.25) is 0 Å². The van der Waals surface area contributed by atoms with Crippen LogP contribution in [-0.4, -0.2) is 31.2 Å². The van der Waals surface area contributed by atoms with Crippen molar-refractivity contribution in [3.8, 4) is 0 Å². The predicted octanol–water partition coefficient (Wildman–Crippen LogP) is 2.54. The largest absolute Gasteiger partial charge is 0.431 e. The molecular formula is C11H13NO3S. The number of thioether (sulfide) groups is 1. The second kappa shape index (κ2) is 5.34. The maximum absolute atomic E-state index is 5.55. The molecular weight excluding hydrogens is 226 g/mol. The van der Waals surface area contributed by atoms with Gasteiger partial charge in [-0.3, -0.25) is 0 Å². The maximum atomic E-state index is 5.55. The zero-order chi connectivity index (χ0) is 11.4. The molecule has 0 spiro atoms. The van der Waals surface area contributed by atoms with Crippen LogP contribution in [0.2, 0.25) is 0 Å². The number of methoxy groups -OCH3 is 2. The van der Waals surface area contributed by atoms with Gasteiger partial charge >= 0.3 is 0 Å². The van der Waals surface area contributed by atoms with Crippen LogP contribution in [0.5, 0.6) is 0 Å². The normalized spacial score (nSPS) is 11.4. The summed E-state index contributed by atoms with van der Waals surface area (Å²) in [6.45, 7) is 0. The Balaban J connectivity index is 2.04. The van der Waals surface area contributed by atoms with Crippen molar-refractivity contribution in [3.63, 3.8) is 0 Å². The van der Waals surface area contributed by atoms with Gasteiger partial charge in [-0.15, -0.1) is 0 Å². The molecule has 0 atom stereocenters. The van der Waals surface area contributed by atoms with Crippen molar-refractivity contribution in [2.45, 2.75) is 11.5 Å². The highest BCUT2D eigenvalue weighted by molar-refractivity contribution is 7.99. The molecule has 16 heavy (non-hydrogen) atoms. The summed E-state index contributed by atoms with van der Waals surface area (Å²) >= 11 is 1.48. The molecule has 0 saturated carbocycles. The Labute approximate surface area is 97.9 Å². The Kier molecular flexibility index (Phi) is 3.82. The molecule has 0 fully saturated rings. The summed E-state index contributed by atoms with van der Waals surface area (Å²) in [6, 6.07) is 7.69. The highest BCUT2D eigenvalue weighted by atomic mass is 32.2. The van der Waals surface area contributed by atoms with Gasteiger partial charge in [0.25, 0.3) is 5.22 Å². The zero-order valence-corrected chi connectivity index (χ0v) is 9.99. The molecule has 1 aromatic carbocycles. The molecule has 2 aromatic rings. The van der Waals surface area contributed by atoms with Crippen LogP contribution in [0.25, 0.3) is 11.1 Å². The minimum absolute atomic E-state index is 0.236. The number of aromatic nitrogens is 1. The average Bonchev–Trinajstić information content (AvgIpc) is 2.73. The average molecular weight is 239 g/mol. The van der Waals surface area contributed by atoms with Crippen LogP contribution in [0.4, 0.5) is 0 Å². The van der Waals surface area contributed by atoms with Crippen LogP contribution in [0.3, 0.4) is 0 Å². The molecule has 1 heterocycles. The molecule has 86 valence electrons. The van der Waals surface area contributed by atoms with Crippen molar-refractivity contribution in [2.24, 2.45) is 0 Å². The van der Waals surface area contributed by atoms with Gasteiger partial charge in [0.05, 0.1) is 5.75 Å². The van der Waals surface area contributed by atoms with E-state index in [1.165, 1.54) is 11.8 Å². The number of fused-ring (bicyclic) bond motifs is 1. The third-order valence-corrected chi connectivity index (χ3v) is 3.00. The third kappa shape index (κ3) is 2.55. The van der Waals surface area contributed by atoms with Crippen LogP contribution in [0.15, 0.2) is 33.9 Å². The van der Waals surface area contributed by atoms with Gasteiger partial charge in [0.1, 0.15) is 5.52 Å². The van der Waals surface area contributed by atoms with E-state index < -0.39 is 0 Å². The first-order chi connectivity index (χ1) is 7.83. The molecule has 0 radical (unpaired) electrons. The van der Waals surface area contributed by atoms with Crippen molar-refractivity contribution in [3.05, 3.63) is 24.3 Å². The van der Waals surface area contributed by atoms with Crippen LogP contribution in [-0.2, 0) is 9.47 Å². The molecule has 0 unspecified atom stereocenters. The van der Waals surface area contributed by atoms with Gasteiger partial charge in [0.15, 0.2) is 11.9 Å². The first-order valence-corrected chi connectivity index (χ1v) is 5.86. The Morgan fingerprint density at radius 3 is 2.75 bits per heavy atom. The lowest BCUT2D eigenvalue weighted by Crippen LogP contribution is -2.15. The predicted molar refractivity (Wildman–Crippen MR) is 62.5 cm³/mol. The number of nitrogens with zero attached hydrogens (tertiary/aromatic N) is 1. The minimum Gasteiger partial charge on any atom is -0.431 e. The minimum atomic E-state index is -0.236. The molecule has 0 bridgehead atoms. The van der Waals surface area contributed by atoms with Crippen LogP contribution in [0, 0.1) is 0 Å². The Morgan fingerprint density at radius 2 is 2.06 bits per heavy atom. The number of rotatable bonds is 5. The molecule has 0 aliphatic heterocycles. The van der Waals surface area contributed by atoms with E-state index >= 15 is 0 Å². The quantitative estimate of drug-likeness (QED) is 0.592. The fourth-order valence-electron chi connectivity index (χ4n) is 1.28. The molecule has 0 saturated heterocycles. The molecule has 4 nitrogen and oxygen atoms in total. The van der Waals surface area contributed by atoms with E-state index in [1.54, 1.807) is 14.2 Å². The van der Waals surface area contributed by atoms with Crippen molar-refractivity contribution >= 4 is 22.9 Å². The number of para-hydroxylation sites is 2. The first kappa shape index (κ1) is 11.4. The van der Waals surface area contributed by atoms with E-state index in [2.05, 4.69) is 4.98 Å². The van der Waals surface area contributed by atoms with E-state index in [1.807, 2.05) is 24.3 Å². The van der Waals surface area contributed by atoms with Gasteiger partial charge in [-0.1, -0.05) is 23.9 Å². The lowest BCUT2D eigenvalue weighted by molar-refractivity contribution is -0.0843. The third-order valence-electron chi connectivity index (χ3n) is 2.14. The number of hydrogen-bond donors (Lipinski definition) is 0. The lowest BCUT2D eigenvalue weighted by Gasteiger charge is -2.10. The summed E-state index contributed by atoms with van der Waals surface area (Å²) in [7, 11) is 3.22. The van der Waals surface area contributed by atoms with Gasteiger partial charge in [0, 0.05) is 14.2 Å². The Hall–Kier alpha value is -1.04. The number of hydrogen-bond acceptors (Lipinski definition) is 5. The summed E-state index contributed by atoms with van der Waals surface area (Å²) < 4.78 is 15.7. The molecule has 2 rings (SSSR count).